The van der Waals surface area contributed by atoms with Crippen molar-refractivity contribution in [3.63, 3.8) is 0 Å². The standard InChI is InChI=1S/C16H29NO5/c1-6-7-8-21-14(18)12-9-13(11-20-5)17(10-12)15(19)22-16(2,3)4/h12-13H,6-11H2,1-5H3/t12-,13-/m0/s1. The van der Waals surface area contributed by atoms with Crippen molar-refractivity contribution in [2.24, 2.45) is 5.92 Å². The maximum Gasteiger partial charge on any atom is 0.410 e. The second-order valence-electron chi connectivity index (χ2n) is 6.70. The molecule has 1 fully saturated rings. The zero-order valence-corrected chi connectivity index (χ0v) is 14.4. The Bertz CT molecular complexity index is 377. The molecule has 22 heavy (non-hydrogen) atoms. The summed E-state index contributed by atoms with van der Waals surface area (Å²) in [4.78, 5) is 25.9. The lowest BCUT2D eigenvalue weighted by Crippen LogP contribution is -2.41. The Labute approximate surface area is 133 Å². The second kappa shape index (κ2) is 8.36. The molecule has 1 rings (SSSR count). The van der Waals surface area contributed by atoms with Crippen LogP contribution in [0.2, 0.25) is 0 Å². The van der Waals surface area contributed by atoms with Crippen molar-refractivity contribution < 1.29 is 23.8 Å². The van der Waals surface area contributed by atoms with Crippen LogP contribution in [0.1, 0.15) is 47.0 Å². The first-order valence-corrected chi connectivity index (χ1v) is 7.93. The summed E-state index contributed by atoms with van der Waals surface area (Å²) >= 11 is 0. The number of rotatable bonds is 6. The van der Waals surface area contributed by atoms with Gasteiger partial charge in [0.25, 0.3) is 0 Å². The first-order valence-electron chi connectivity index (χ1n) is 7.93. The highest BCUT2D eigenvalue weighted by atomic mass is 16.6. The minimum atomic E-state index is -0.561. The van der Waals surface area contributed by atoms with Crippen LogP contribution in [0.15, 0.2) is 0 Å². The number of unbranched alkanes of at least 4 members (excludes halogenated alkanes) is 1. The van der Waals surface area contributed by atoms with E-state index in [4.69, 9.17) is 14.2 Å². The molecule has 1 aliphatic rings. The van der Waals surface area contributed by atoms with Crippen LogP contribution >= 0.6 is 0 Å². The van der Waals surface area contributed by atoms with E-state index in [1.54, 1.807) is 12.0 Å². The van der Waals surface area contributed by atoms with Crippen molar-refractivity contribution >= 4 is 12.1 Å². The molecule has 0 aromatic rings. The molecule has 6 nitrogen and oxygen atoms in total. The summed E-state index contributed by atoms with van der Waals surface area (Å²) in [7, 11) is 1.58. The maximum absolute atomic E-state index is 12.3. The van der Waals surface area contributed by atoms with Crippen LogP contribution in [0.4, 0.5) is 4.79 Å². The number of carbonyl (C=O) groups is 2. The zero-order chi connectivity index (χ0) is 16.8. The highest BCUT2D eigenvalue weighted by Crippen LogP contribution is 2.26. The molecule has 0 unspecified atom stereocenters. The quantitative estimate of drug-likeness (QED) is 0.557. The van der Waals surface area contributed by atoms with Gasteiger partial charge in [-0.1, -0.05) is 13.3 Å². The van der Waals surface area contributed by atoms with E-state index in [1.165, 1.54) is 0 Å². The van der Waals surface area contributed by atoms with Gasteiger partial charge in [0.15, 0.2) is 0 Å². The highest BCUT2D eigenvalue weighted by Gasteiger charge is 2.41. The number of carbonyl (C=O) groups excluding carboxylic acids is 2. The van der Waals surface area contributed by atoms with Gasteiger partial charge in [-0.05, 0) is 33.6 Å². The van der Waals surface area contributed by atoms with Gasteiger partial charge in [0.05, 0.1) is 25.2 Å². The number of hydrogen-bond donors (Lipinski definition) is 0. The van der Waals surface area contributed by atoms with Gasteiger partial charge in [-0.2, -0.15) is 0 Å². The summed E-state index contributed by atoms with van der Waals surface area (Å²) in [6.07, 6.45) is 1.99. The molecule has 0 spiro atoms. The van der Waals surface area contributed by atoms with Gasteiger partial charge in [-0.15, -0.1) is 0 Å². The first kappa shape index (κ1) is 18.7. The Balaban J connectivity index is 2.64. The topological polar surface area (TPSA) is 65.1 Å². The van der Waals surface area contributed by atoms with E-state index in [-0.39, 0.29) is 17.9 Å². The molecule has 6 heteroatoms. The van der Waals surface area contributed by atoms with Crippen molar-refractivity contribution in [3.8, 4) is 0 Å². The van der Waals surface area contributed by atoms with Crippen LogP contribution in [-0.2, 0) is 19.0 Å². The largest absolute Gasteiger partial charge is 0.465 e. The Kier molecular flexibility index (Phi) is 7.13. The lowest BCUT2D eigenvalue weighted by atomic mass is 10.1. The molecule has 0 saturated carbocycles. The summed E-state index contributed by atoms with van der Waals surface area (Å²) in [5, 5.41) is 0. The SMILES string of the molecule is CCCCOC(=O)[C@H]1C[C@@H](COC)N(C(=O)OC(C)(C)C)C1. The molecule has 1 heterocycles. The van der Waals surface area contributed by atoms with Crippen LogP contribution in [0.5, 0.6) is 0 Å². The number of nitrogens with zero attached hydrogens (tertiary/aromatic N) is 1. The van der Waals surface area contributed by atoms with Crippen LogP contribution in [-0.4, -0.2) is 55.5 Å². The van der Waals surface area contributed by atoms with Crippen molar-refractivity contribution in [2.75, 3.05) is 26.9 Å². The molecular formula is C16H29NO5. The normalized spacial score (nSPS) is 21.8. The third kappa shape index (κ3) is 5.83. The smallest absolute Gasteiger partial charge is 0.410 e. The summed E-state index contributed by atoms with van der Waals surface area (Å²) in [5.41, 5.74) is -0.561. The maximum atomic E-state index is 12.3. The van der Waals surface area contributed by atoms with E-state index < -0.39 is 11.7 Å². The van der Waals surface area contributed by atoms with Gasteiger partial charge < -0.3 is 19.1 Å². The third-order valence-corrected chi connectivity index (χ3v) is 3.48. The second-order valence-corrected chi connectivity index (χ2v) is 6.70. The average Bonchev–Trinajstić information content (AvgIpc) is 2.81. The van der Waals surface area contributed by atoms with E-state index >= 15 is 0 Å². The van der Waals surface area contributed by atoms with E-state index in [0.29, 0.717) is 26.2 Å². The molecule has 0 radical (unpaired) electrons. The van der Waals surface area contributed by atoms with E-state index in [0.717, 1.165) is 12.8 Å². The molecule has 1 saturated heterocycles. The Hall–Kier alpha value is -1.30. The monoisotopic (exact) mass is 315 g/mol. The molecule has 0 aromatic heterocycles. The fraction of sp³-hybridized carbons (Fsp3) is 0.875. The number of amides is 1. The highest BCUT2D eigenvalue weighted by molar-refractivity contribution is 5.76. The summed E-state index contributed by atoms with van der Waals surface area (Å²) in [6, 6.07) is -0.149. The van der Waals surface area contributed by atoms with E-state index in [2.05, 4.69) is 0 Å². The molecule has 0 N–H and O–H groups in total. The molecular weight excluding hydrogens is 286 g/mol. The van der Waals surface area contributed by atoms with Gasteiger partial charge in [-0.25, -0.2) is 4.79 Å². The Morgan fingerprint density at radius 1 is 1.27 bits per heavy atom. The van der Waals surface area contributed by atoms with E-state index in [9.17, 15) is 9.59 Å². The van der Waals surface area contributed by atoms with E-state index in [1.807, 2.05) is 27.7 Å². The number of methoxy groups -OCH3 is 1. The number of esters is 1. The molecule has 128 valence electrons. The summed E-state index contributed by atoms with van der Waals surface area (Å²) in [5.74, 6) is -0.537. The average molecular weight is 315 g/mol. The van der Waals surface area contributed by atoms with Crippen LogP contribution < -0.4 is 0 Å². The minimum Gasteiger partial charge on any atom is -0.465 e. The number of ether oxygens (including phenoxy) is 3. The van der Waals surface area contributed by atoms with Gasteiger partial charge in [0.2, 0.25) is 0 Å². The van der Waals surface area contributed by atoms with Gasteiger partial charge >= 0.3 is 12.1 Å². The predicted octanol–water partition coefficient (Wildman–Crippen LogP) is 2.60. The van der Waals surface area contributed by atoms with Crippen LogP contribution in [0, 0.1) is 5.92 Å². The first-order chi connectivity index (χ1) is 10.3. The third-order valence-electron chi connectivity index (χ3n) is 3.48. The van der Waals surface area contributed by atoms with Gasteiger partial charge in [-0.3, -0.25) is 4.79 Å². The summed E-state index contributed by atoms with van der Waals surface area (Å²) < 4.78 is 15.8. The van der Waals surface area contributed by atoms with Crippen molar-refractivity contribution in [2.45, 2.75) is 58.6 Å². The molecule has 2 atom stereocenters. The summed E-state index contributed by atoms with van der Waals surface area (Å²) in [6.45, 7) is 8.66. The Morgan fingerprint density at radius 3 is 2.50 bits per heavy atom. The molecule has 0 aliphatic carbocycles. The predicted molar refractivity (Wildman–Crippen MR) is 82.6 cm³/mol. The number of likely N-dealkylation sites (tertiary alicyclic amines) is 1. The molecule has 0 bridgehead atoms. The van der Waals surface area contributed by atoms with Gasteiger partial charge in [0.1, 0.15) is 5.60 Å². The lowest BCUT2D eigenvalue weighted by molar-refractivity contribution is -0.148. The van der Waals surface area contributed by atoms with Crippen molar-refractivity contribution in [1.82, 2.24) is 4.90 Å². The Morgan fingerprint density at radius 2 is 1.95 bits per heavy atom. The minimum absolute atomic E-state index is 0.149. The van der Waals surface area contributed by atoms with Crippen LogP contribution in [0.3, 0.4) is 0 Å². The molecule has 1 amide bonds. The molecule has 1 aliphatic heterocycles. The fourth-order valence-corrected chi connectivity index (χ4v) is 2.42. The fourth-order valence-electron chi connectivity index (χ4n) is 2.42. The lowest BCUT2D eigenvalue weighted by Gasteiger charge is -2.28. The zero-order valence-electron chi connectivity index (χ0n) is 14.4. The van der Waals surface area contributed by atoms with Crippen molar-refractivity contribution in [1.29, 1.82) is 0 Å². The van der Waals surface area contributed by atoms with Gasteiger partial charge in [0, 0.05) is 13.7 Å². The number of hydrogen-bond acceptors (Lipinski definition) is 5. The van der Waals surface area contributed by atoms with Crippen molar-refractivity contribution in [3.05, 3.63) is 0 Å². The van der Waals surface area contributed by atoms with Crippen LogP contribution in [0.25, 0.3) is 0 Å². The molecule has 0 aromatic carbocycles.